The molecule has 0 bridgehead atoms. The molecule has 0 radical (unpaired) electrons. The van der Waals surface area contributed by atoms with Gasteiger partial charge in [-0.15, -0.1) is 0 Å². The molecular formula is C16H24ClNO. The van der Waals surface area contributed by atoms with E-state index >= 15 is 0 Å². The molecule has 1 saturated carbocycles. The van der Waals surface area contributed by atoms with E-state index in [2.05, 4.69) is 26.1 Å². The molecule has 0 aliphatic heterocycles. The molecule has 2 unspecified atom stereocenters. The predicted octanol–water partition coefficient (Wildman–Crippen LogP) is 4.28. The van der Waals surface area contributed by atoms with Crippen molar-refractivity contribution in [1.82, 2.24) is 5.32 Å². The summed E-state index contributed by atoms with van der Waals surface area (Å²) in [5.41, 5.74) is 0.283. The summed E-state index contributed by atoms with van der Waals surface area (Å²) < 4.78 is 6.19. The monoisotopic (exact) mass is 281 g/mol. The third kappa shape index (κ3) is 3.64. The number of halogens is 1. The van der Waals surface area contributed by atoms with Gasteiger partial charge >= 0.3 is 0 Å². The molecule has 0 spiro atoms. The Morgan fingerprint density at radius 1 is 1.32 bits per heavy atom. The first-order valence-electron chi connectivity index (χ1n) is 7.18. The molecule has 2 nitrogen and oxygen atoms in total. The Balaban J connectivity index is 2.10. The standard InChI is InChI=1S/C16H24ClNO/c1-4-18-15-14(6-5-11-16(15,2)3)19-13-9-7-12(17)8-10-13/h7-10,14-15,18H,4-6,11H2,1-3H3. The van der Waals surface area contributed by atoms with Crippen LogP contribution in [0.15, 0.2) is 24.3 Å². The van der Waals surface area contributed by atoms with Crippen LogP contribution in [0.5, 0.6) is 5.75 Å². The van der Waals surface area contributed by atoms with Crippen LogP contribution in [0.2, 0.25) is 5.02 Å². The van der Waals surface area contributed by atoms with Crippen LogP contribution in [0.4, 0.5) is 0 Å². The van der Waals surface area contributed by atoms with Crippen LogP contribution in [0.25, 0.3) is 0 Å². The minimum Gasteiger partial charge on any atom is -0.489 e. The molecule has 1 aliphatic carbocycles. The lowest BCUT2D eigenvalue weighted by atomic mass is 9.71. The molecule has 1 aromatic carbocycles. The van der Waals surface area contributed by atoms with Gasteiger partial charge in [0.2, 0.25) is 0 Å². The zero-order chi connectivity index (χ0) is 13.9. The molecule has 1 aromatic rings. The van der Waals surface area contributed by atoms with E-state index in [9.17, 15) is 0 Å². The minimum absolute atomic E-state index is 0.241. The molecule has 0 aromatic heterocycles. The van der Waals surface area contributed by atoms with E-state index in [0.29, 0.717) is 6.04 Å². The first-order chi connectivity index (χ1) is 9.03. The number of ether oxygens (including phenoxy) is 1. The van der Waals surface area contributed by atoms with Gasteiger partial charge in [-0.25, -0.2) is 0 Å². The fourth-order valence-corrected chi connectivity index (χ4v) is 3.15. The van der Waals surface area contributed by atoms with E-state index in [1.807, 2.05) is 24.3 Å². The smallest absolute Gasteiger partial charge is 0.119 e. The van der Waals surface area contributed by atoms with Crippen molar-refractivity contribution in [2.24, 2.45) is 5.41 Å². The second-order valence-corrected chi connectivity index (χ2v) is 6.46. The second-order valence-electron chi connectivity index (χ2n) is 6.03. The molecule has 1 N–H and O–H groups in total. The van der Waals surface area contributed by atoms with Crippen LogP contribution < -0.4 is 10.1 Å². The Hall–Kier alpha value is -0.730. The highest BCUT2D eigenvalue weighted by Crippen LogP contribution is 2.37. The van der Waals surface area contributed by atoms with Crippen LogP contribution >= 0.6 is 11.6 Å². The lowest BCUT2D eigenvalue weighted by Gasteiger charge is -2.44. The highest BCUT2D eigenvalue weighted by Gasteiger charge is 2.39. The molecule has 106 valence electrons. The number of hydrogen-bond donors (Lipinski definition) is 1. The maximum Gasteiger partial charge on any atom is 0.119 e. The van der Waals surface area contributed by atoms with Gasteiger partial charge in [-0.3, -0.25) is 0 Å². The zero-order valence-corrected chi connectivity index (χ0v) is 12.8. The van der Waals surface area contributed by atoms with Crippen molar-refractivity contribution < 1.29 is 4.74 Å². The van der Waals surface area contributed by atoms with Crippen LogP contribution in [-0.4, -0.2) is 18.7 Å². The third-order valence-electron chi connectivity index (χ3n) is 4.05. The molecule has 0 heterocycles. The van der Waals surface area contributed by atoms with E-state index in [1.54, 1.807) is 0 Å². The molecule has 3 heteroatoms. The average Bonchev–Trinajstić information content (AvgIpc) is 2.36. The number of likely N-dealkylation sites (N-methyl/N-ethyl adjacent to an activating group) is 1. The Morgan fingerprint density at radius 2 is 2.00 bits per heavy atom. The van der Waals surface area contributed by atoms with Gasteiger partial charge in [0, 0.05) is 11.1 Å². The Labute approximate surface area is 121 Å². The lowest BCUT2D eigenvalue weighted by Crippen LogP contribution is -2.54. The Kier molecular flexibility index (Phi) is 4.75. The van der Waals surface area contributed by atoms with E-state index in [-0.39, 0.29) is 11.5 Å². The maximum atomic E-state index is 6.19. The quantitative estimate of drug-likeness (QED) is 0.890. The molecule has 0 saturated heterocycles. The van der Waals surface area contributed by atoms with Crippen LogP contribution in [0.1, 0.15) is 40.0 Å². The molecule has 0 amide bonds. The minimum atomic E-state index is 0.241. The van der Waals surface area contributed by atoms with E-state index < -0.39 is 0 Å². The average molecular weight is 282 g/mol. The number of benzene rings is 1. The van der Waals surface area contributed by atoms with Gasteiger partial charge in [-0.1, -0.05) is 32.4 Å². The van der Waals surface area contributed by atoms with Crippen LogP contribution in [-0.2, 0) is 0 Å². The third-order valence-corrected chi connectivity index (χ3v) is 4.30. The summed E-state index contributed by atoms with van der Waals surface area (Å²) in [4.78, 5) is 0. The van der Waals surface area contributed by atoms with Crippen molar-refractivity contribution >= 4 is 11.6 Å². The summed E-state index contributed by atoms with van der Waals surface area (Å²) in [5.74, 6) is 0.912. The number of hydrogen-bond acceptors (Lipinski definition) is 2. The fraction of sp³-hybridized carbons (Fsp3) is 0.625. The zero-order valence-electron chi connectivity index (χ0n) is 12.1. The predicted molar refractivity (Wildman–Crippen MR) is 81.0 cm³/mol. The van der Waals surface area contributed by atoms with Gasteiger partial charge in [0.15, 0.2) is 0 Å². The van der Waals surface area contributed by atoms with Gasteiger partial charge in [0.1, 0.15) is 11.9 Å². The van der Waals surface area contributed by atoms with E-state index in [4.69, 9.17) is 16.3 Å². The van der Waals surface area contributed by atoms with Gasteiger partial charge < -0.3 is 10.1 Å². The van der Waals surface area contributed by atoms with Gasteiger partial charge in [0.25, 0.3) is 0 Å². The van der Waals surface area contributed by atoms with Crippen molar-refractivity contribution in [3.05, 3.63) is 29.3 Å². The van der Waals surface area contributed by atoms with Gasteiger partial charge in [-0.05, 0) is 55.5 Å². The van der Waals surface area contributed by atoms with Crippen molar-refractivity contribution in [2.75, 3.05) is 6.54 Å². The SMILES string of the molecule is CCNC1C(Oc2ccc(Cl)cc2)CCCC1(C)C. The van der Waals surface area contributed by atoms with E-state index in [0.717, 1.165) is 23.7 Å². The largest absolute Gasteiger partial charge is 0.489 e. The summed E-state index contributed by atoms with van der Waals surface area (Å²) in [7, 11) is 0. The Bertz CT molecular complexity index is 402. The molecule has 2 atom stereocenters. The Morgan fingerprint density at radius 3 is 2.63 bits per heavy atom. The highest BCUT2D eigenvalue weighted by atomic mass is 35.5. The highest BCUT2D eigenvalue weighted by molar-refractivity contribution is 6.30. The van der Waals surface area contributed by atoms with E-state index in [1.165, 1.54) is 12.8 Å². The normalized spacial score (nSPS) is 26.1. The summed E-state index contributed by atoms with van der Waals surface area (Å²) in [6.07, 6.45) is 3.84. The first-order valence-corrected chi connectivity index (χ1v) is 7.56. The summed E-state index contributed by atoms with van der Waals surface area (Å²) in [6.45, 7) is 7.80. The van der Waals surface area contributed by atoms with Crippen molar-refractivity contribution in [1.29, 1.82) is 0 Å². The van der Waals surface area contributed by atoms with Crippen molar-refractivity contribution in [2.45, 2.75) is 52.2 Å². The lowest BCUT2D eigenvalue weighted by molar-refractivity contribution is 0.0372. The first kappa shape index (κ1) is 14.7. The van der Waals surface area contributed by atoms with Gasteiger partial charge in [-0.2, -0.15) is 0 Å². The molecule has 19 heavy (non-hydrogen) atoms. The topological polar surface area (TPSA) is 21.3 Å². The maximum absolute atomic E-state index is 6.19. The summed E-state index contributed by atoms with van der Waals surface area (Å²) in [5, 5.41) is 4.35. The molecular weight excluding hydrogens is 258 g/mol. The second kappa shape index (κ2) is 6.15. The van der Waals surface area contributed by atoms with Crippen LogP contribution in [0, 0.1) is 5.41 Å². The molecule has 1 fully saturated rings. The number of nitrogens with one attached hydrogen (secondary N) is 1. The van der Waals surface area contributed by atoms with Gasteiger partial charge in [0.05, 0.1) is 0 Å². The summed E-state index contributed by atoms with van der Waals surface area (Å²) >= 11 is 5.91. The molecule has 1 aliphatic rings. The summed E-state index contributed by atoms with van der Waals surface area (Å²) in [6, 6.07) is 8.07. The van der Waals surface area contributed by atoms with Crippen molar-refractivity contribution in [3.8, 4) is 5.75 Å². The van der Waals surface area contributed by atoms with Crippen molar-refractivity contribution in [3.63, 3.8) is 0 Å². The fourth-order valence-electron chi connectivity index (χ4n) is 3.03. The van der Waals surface area contributed by atoms with Crippen LogP contribution in [0.3, 0.4) is 0 Å². The molecule has 2 rings (SSSR count). The number of rotatable bonds is 4.